The van der Waals surface area contributed by atoms with Crippen LogP contribution in [0, 0.1) is 5.92 Å². The van der Waals surface area contributed by atoms with E-state index in [1.54, 1.807) is 24.3 Å². The molecule has 4 rings (SSSR count). The standard InChI is InChI=1S/C22H26ClN5O3S/c23-14-4-6-15(7-5-14)26-22(31)27-21-18(19(24)29)16-8-11-28(12-17(16)32-21)10-1-9-25-20(30)13-2-3-13/h4-7,13H,1-3,8-12H2,(H2,24,29)(H,25,30)(H2,26,27,31). The molecular formula is C22H26ClN5O3S. The van der Waals surface area contributed by atoms with Gasteiger partial charge in [-0.3, -0.25) is 19.8 Å². The molecule has 0 bridgehead atoms. The first kappa shape index (κ1) is 22.6. The van der Waals surface area contributed by atoms with E-state index in [2.05, 4.69) is 20.9 Å². The number of amides is 4. The molecule has 2 aliphatic rings. The van der Waals surface area contributed by atoms with Gasteiger partial charge >= 0.3 is 6.03 Å². The number of carbonyl (C=O) groups excluding carboxylic acids is 3. The van der Waals surface area contributed by atoms with Gasteiger partial charge in [0.1, 0.15) is 5.00 Å². The Kier molecular flexibility index (Phi) is 6.98. The summed E-state index contributed by atoms with van der Waals surface area (Å²) in [5.74, 6) is -0.142. The molecule has 1 saturated carbocycles. The average Bonchev–Trinajstić information content (AvgIpc) is 3.54. The van der Waals surface area contributed by atoms with Gasteiger partial charge in [0.2, 0.25) is 5.91 Å². The summed E-state index contributed by atoms with van der Waals surface area (Å²) in [7, 11) is 0. The average molecular weight is 476 g/mol. The Bertz CT molecular complexity index is 1020. The lowest BCUT2D eigenvalue weighted by molar-refractivity contribution is -0.122. The van der Waals surface area contributed by atoms with Gasteiger partial charge in [-0.05, 0) is 55.5 Å². The maximum atomic E-state index is 12.5. The Morgan fingerprint density at radius 3 is 2.59 bits per heavy atom. The van der Waals surface area contributed by atoms with Crippen LogP contribution in [0.3, 0.4) is 0 Å². The number of thiophene rings is 1. The van der Waals surface area contributed by atoms with Gasteiger partial charge < -0.3 is 16.4 Å². The predicted octanol–water partition coefficient (Wildman–Crippen LogP) is 3.42. The fourth-order valence-corrected chi connectivity index (χ4v) is 5.22. The number of rotatable bonds is 8. The normalized spacial score (nSPS) is 15.7. The summed E-state index contributed by atoms with van der Waals surface area (Å²) in [6, 6.07) is 6.31. The van der Waals surface area contributed by atoms with Gasteiger partial charge in [-0.15, -0.1) is 11.3 Å². The first-order valence-corrected chi connectivity index (χ1v) is 11.9. The molecule has 2 aromatic rings. The summed E-state index contributed by atoms with van der Waals surface area (Å²) in [6.07, 6.45) is 3.58. The Labute approximate surface area is 195 Å². The van der Waals surface area contributed by atoms with E-state index in [9.17, 15) is 14.4 Å². The van der Waals surface area contributed by atoms with Crippen LogP contribution in [0.1, 0.15) is 40.1 Å². The molecule has 8 nitrogen and oxygen atoms in total. The van der Waals surface area contributed by atoms with Gasteiger partial charge in [-0.1, -0.05) is 11.6 Å². The van der Waals surface area contributed by atoms with E-state index >= 15 is 0 Å². The SMILES string of the molecule is NC(=O)c1c(NC(=O)Nc2ccc(Cl)cc2)sc2c1CCN(CCCNC(=O)C1CC1)C2. The molecule has 1 aromatic carbocycles. The van der Waals surface area contributed by atoms with E-state index in [4.69, 9.17) is 17.3 Å². The van der Waals surface area contributed by atoms with E-state index in [1.165, 1.54) is 11.3 Å². The van der Waals surface area contributed by atoms with Crippen molar-refractivity contribution in [2.45, 2.75) is 32.2 Å². The second-order valence-electron chi connectivity index (χ2n) is 8.10. The molecule has 5 N–H and O–H groups in total. The van der Waals surface area contributed by atoms with Crippen LogP contribution in [0.25, 0.3) is 0 Å². The molecule has 4 amide bonds. The minimum absolute atomic E-state index is 0.169. The van der Waals surface area contributed by atoms with Crippen LogP contribution in [0.2, 0.25) is 5.02 Å². The quantitative estimate of drug-likeness (QED) is 0.437. The maximum absolute atomic E-state index is 12.5. The van der Waals surface area contributed by atoms with Crippen LogP contribution in [0.5, 0.6) is 0 Å². The third-order valence-electron chi connectivity index (χ3n) is 5.61. The third-order valence-corrected chi connectivity index (χ3v) is 6.99. The zero-order valence-corrected chi connectivity index (χ0v) is 19.2. The fraction of sp³-hybridized carbons (Fsp3) is 0.409. The highest BCUT2D eigenvalue weighted by atomic mass is 35.5. The first-order chi connectivity index (χ1) is 15.4. The minimum Gasteiger partial charge on any atom is -0.365 e. The molecule has 32 heavy (non-hydrogen) atoms. The second-order valence-corrected chi connectivity index (χ2v) is 9.64. The van der Waals surface area contributed by atoms with Gasteiger partial charge in [0.15, 0.2) is 0 Å². The number of nitrogens with zero attached hydrogens (tertiary/aromatic N) is 1. The highest BCUT2D eigenvalue weighted by Crippen LogP contribution is 2.37. The topological polar surface area (TPSA) is 117 Å². The summed E-state index contributed by atoms with van der Waals surface area (Å²) in [6.45, 7) is 3.02. The molecule has 0 spiro atoms. The zero-order valence-electron chi connectivity index (χ0n) is 17.6. The van der Waals surface area contributed by atoms with E-state index < -0.39 is 11.9 Å². The lowest BCUT2D eigenvalue weighted by Gasteiger charge is -2.27. The van der Waals surface area contributed by atoms with Crippen molar-refractivity contribution in [3.8, 4) is 0 Å². The number of fused-ring (bicyclic) bond motifs is 1. The largest absolute Gasteiger partial charge is 0.365 e. The van der Waals surface area contributed by atoms with Crippen LogP contribution < -0.4 is 21.7 Å². The van der Waals surface area contributed by atoms with Crippen LogP contribution in [0.4, 0.5) is 15.5 Å². The molecule has 170 valence electrons. The highest BCUT2D eigenvalue weighted by molar-refractivity contribution is 7.17. The zero-order chi connectivity index (χ0) is 22.7. The smallest absolute Gasteiger partial charge is 0.324 e. The van der Waals surface area contributed by atoms with Crippen LogP contribution in [-0.4, -0.2) is 42.4 Å². The monoisotopic (exact) mass is 475 g/mol. The fourth-order valence-electron chi connectivity index (χ4n) is 3.80. The van der Waals surface area contributed by atoms with Crippen molar-refractivity contribution in [1.29, 1.82) is 0 Å². The molecule has 2 heterocycles. The Hall–Kier alpha value is -2.62. The molecule has 0 saturated heterocycles. The van der Waals surface area contributed by atoms with Gasteiger partial charge in [0, 0.05) is 47.7 Å². The predicted molar refractivity (Wildman–Crippen MR) is 126 cm³/mol. The van der Waals surface area contributed by atoms with Crippen molar-refractivity contribution < 1.29 is 14.4 Å². The van der Waals surface area contributed by atoms with E-state index in [1.807, 2.05) is 0 Å². The summed E-state index contributed by atoms with van der Waals surface area (Å²) >= 11 is 7.26. The molecule has 0 unspecified atom stereocenters. The number of urea groups is 1. The molecule has 0 atom stereocenters. The van der Waals surface area contributed by atoms with Crippen LogP contribution in [0.15, 0.2) is 24.3 Å². The lowest BCUT2D eigenvalue weighted by Crippen LogP contribution is -2.34. The number of nitrogens with one attached hydrogen (secondary N) is 3. The van der Waals surface area contributed by atoms with E-state index in [-0.39, 0.29) is 11.8 Å². The number of halogens is 1. The summed E-state index contributed by atoms with van der Waals surface area (Å²) in [4.78, 5) is 39.7. The van der Waals surface area contributed by atoms with Crippen molar-refractivity contribution in [2.75, 3.05) is 30.3 Å². The summed E-state index contributed by atoms with van der Waals surface area (Å²) in [5.41, 5.74) is 7.55. The minimum atomic E-state index is -0.541. The van der Waals surface area contributed by atoms with Gasteiger partial charge in [-0.2, -0.15) is 0 Å². The van der Waals surface area contributed by atoms with Crippen LogP contribution >= 0.6 is 22.9 Å². The Balaban J connectivity index is 1.35. The number of anilines is 2. The molecule has 10 heteroatoms. The number of carbonyl (C=O) groups is 3. The van der Waals surface area contributed by atoms with Crippen LogP contribution in [-0.2, 0) is 17.8 Å². The Morgan fingerprint density at radius 1 is 1.16 bits per heavy atom. The van der Waals surface area contributed by atoms with Crippen molar-refractivity contribution in [3.05, 3.63) is 45.3 Å². The van der Waals surface area contributed by atoms with E-state index in [0.29, 0.717) is 40.8 Å². The molecule has 1 aromatic heterocycles. The number of hydrogen-bond acceptors (Lipinski definition) is 5. The van der Waals surface area contributed by atoms with Gasteiger partial charge in [0.05, 0.1) is 5.56 Å². The molecular weight excluding hydrogens is 450 g/mol. The summed E-state index contributed by atoms with van der Waals surface area (Å²) in [5, 5.41) is 9.54. The molecule has 1 aliphatic heterocycles. The number of primary amides is 1. The molecule has 0 radical (unpaired) electrons. The third kappa shape index (κ3) is 5.59. The number of benzene rings is 1. The Morgan fingerprint density at radius 2 is 1.91 bits per heavy atom. The first-order valence-electron chi connectivity index (χ1n) is 10.7. The molecule has 1 aliphatic carbocycles. The van der Waals surface area contributed by atoms with Crippen molar-refractivity contribution >= 4 is 51.5 Å². The highest BCUT2D eigenvalue weighted by Gasteiger charge is 2.29. The van der Waals surface area contributed by atoms with Crippen molar-refractivity contribution in [1.82, 2.24) is 10.2 Å². The van der Waals surface area contributed by atoms with Crippen molar-refractivity contribution in [3.63, 3.8) is 0 Å². The number of hydrogen-bond donors (Lipinski definition) is 4. The van der Waals surface area contributed by atoms with Crippen molar-refractivity contribution in [2.24, 2.45) is 11.7 Å². The molecule has 1 fully saturated rings. The van der Waals surface area contributed by atoms with E-state index in [0.717, 1.165) is 42.8 Å². The maximum Gasteiger partial charge on any atom is 0.324 e. The lowest BCUT2D eigenvalue weighted by atomic mass is 10.0. The number of nitrogens with two attached hydrogens (primary N) is 1. The van der Waals surface area contributed by atoms with Gasteiger partial charge in [-0.25, -0.2) is 4.79 Å². The van der Waals surface area contributed by atoms with Gasteiger partial charge in [0.25, 0.3) is 5.91 Å². The summed E-state index contributed by atoms with van der Waals surface area (Å²) < 4.78 is 0. The second kappa shape index (κ2) is 9.89.